The molecule has 1 heterocycles. The number of nitrogens with one attached hydrogen (secondary N) is 2. The van der Waals surface area contributed by atoms with Gasteiger partial charge in [0.15, 0.2) is 5.96 Å². The third-order valence-corrected chi connectivity index (χ3v) is 4.41. The Morgan fingerprint density at radius 2 is 2.04 bits per heavy atom. The monoisotopic (exact) mass is 385 g/mol. The lowest BCUT2D eigenvalue weighted by Gasteiger charge is -2.20. The summed E-state index contributed by atoms with van der Waals surface area (Å²) in [6.45, 7) is 4.62. The van der Waals surface area contributed by atoms with Crippen molar-refractivity contribution in [3.8, 4) is 0 Å². The van der Waals surface area contributed by atoms with Crippen molar-refractivity contribution in [2.75, 3.05) is 51.2 Å². The molecule has 27 heavy (non-hydrogen) atoms. The Labute approximate surface area is 159 Å². The Morgan fingerprint density at radius 3 is 2.70 bits per heavy atom. The standard InChI is InChI=1S/C19H30F3N5/c1-3-23-18(24-11-7-12-26(2)15-19(20,21)22)25-16-10-13-27(14-16)17-8-5-4-6-9-17/h4-6,8-9,16H,3,7,10-15H2,1-2H3,(H2,23,24,25). The molecule has 1 aromatic rings. The van der Waals surface area contributed by atoms with E-state index in [0.717, 1.165) is 32.0 Å². The normalized spacial score (nSPS) is 18.2. The molecule has 1 fully saturated rings. The Kier molecular flexibility index (Phi) is 8.22. The van der Waals surface area contributed by atoms with Gasteiger partial charge < -0.3 is 15.5 Å². The van der Waals surface area contributed by atoms with E-state index in [4.69, 9.17) is 0 Å². The number of benzene rings is 1. The summed E-state index contributed by atoms with van der Waals surface area (Å²) >= 11 is 0. The SMILES string of the molecule is CCNC(=NCCCN(C)CC(F)(F)F)NC1CCN(c2ccccc2)C1. The van der Waals surface area contributed by atoms with Gasteiger partial charge in [-0.2, -0.15) is 13.2 Å². The molecule has 1 aliphatic heterocycles. The lowest BCUT2D eigenvalue weighted by molar-refractivity contribution is -0.143. The number of alkyl halides is 3. The van der Waals surface area contributed by atoms with Crippen LogP contribution in [0.2, 0.25) is 0 Å². The van der Waals surface area contributed by atoms with E-state index in [-0.39, 0.29) is 0 Å². The molecule has 1 atom stereocenters. The Hall–Kier alpha value is -1.96. The molecule has 152 valence electrons. The third kappa shape index (κ3) is 8.07. The second-order valence-electron chi connectivity index (χ2n) is 6.88. The molecule has 2 N–H and O–H groups in total. The molecule has 0 aliphatic carbocycles. The molecule has 0 saturated carbocycles. The molecular weight excluding hydrogens is 355 g/mol. The van der Waals surface area contributed by atoms with E-state index in [2.05, 4.69) is 32.7 Å². The summed E-state index contributed by atoms with van der Waals surface area (Å²) in [4.78, 5) is 8.13. The van der Waals surface area contributed by atoms with E-state index in [9.17, 15) is 13.2 Å². The molecule has 0 amide bonds. The molecule has 1 aromatic carbocycles. The van der Waals surface area contributed by atoms with Gasteiger partial charge in [0, 0.05) is 37.9 Å². The summed E-state index contributed by atoms with van der Waals surface area (Å²) < 4.78 is 37.0. The van der Waals surface area contributed by atoms with E-state index in [0.29, 0.717) is 25.6 Å². The van der Waals surface area contributed by atoms with E-state index < -0.39 is 12.7 Å². The van der Waals surface area contributed by atoms with Crippen LogP contribution in [0.4, 0.5) is 18.9 Å². The molecule has 1 aliphatic rings. The van der Waals surface area contributed by atoms with Crippen LogP contribution in [0.3, 0.4) is 0 Å². The average Bonchev–Trinajstić information content (AvgIpc) is 3.06. The van der Waals surface area contributed by atoms with E-state index >= 15 is 0 Å². The van der Waals surface area contributed by atoms with Crippen LogP contribution in [0, 0.1) is 0 Å². The maximum Gasteiger partial charge on any atom is 0.401 e. The number of hydrogen-bond acceptors (Lipinski definition) is 3. The molecule has 0 bridgehead atoms. The average molecular weight is 385 g/mol. The second-order valence-corrected chi connectivity index (χ2v) is 6.88. The van der Waals surface area contributed by atoms with Crippen LogP contribution in [0.25, 0.3) is 0 Å². The number of halogens is 3. The molecule has 0 spiro atoms. The van der Waals surface area contributed by atoms with Gasteiger partial charge in [-0.15, -0.1) is 0 Å². The Bertz CT molecular complexity index is 576. The highest BCUT2D eigenvalue weighted by Gasteiger charge is 2.28. The van der Waals surface area contributed by atoms with Gasteiger partial charge in [-0.25, -0.2) is 0 Å². The number of nitrogens with zero attached hydrogens (tertiary/aromatic N) is 3. The van der Waals surface area contributed by atoms with Gasteiger partial charge in [-0.05, 0) is 45.5 Å². The van der Waals surface area contributed by atoms with Crippen molar-refractivity contribution in [1.29, 1.82) is 0 Å². The van der Waals surface area contributed by atoms with Crippen molar-refractivity contribution in [3.63, 3.8) is 0 Å². The first kappa shape index (κ1) is 21.3. The second kappa shape index (κ2) is 10.4. The zero-order valence-electron chi connectivity index (χ0n) is 16.1. The van der Waals surface area contributed by atoms with E-state index in [1.54, 1.807) is 0 Å². The maximum atomic E-state index is 12.3. The van der Waals surface area contributed by atoms with Gasteiger partial charge >= 0.3 is 6.18 Å². The number of hydrogen-bond donors (Lipinski definition) is 2. The van der Waals surface area contributed by atoms with Crippen LogP contribution in [0.5, 0.6) is 0 Å². The molecule has 0 aromatic heterocycles. The Morgan fingerprint density at radius 1 is 1.30 bits per heavy atom. The van der Waals surface area contributed by atoms with Gasteiger partial charge in [-0.1, -0.05) is 18.2 Å². The van der Waals surface area contributed by atoms with Crippen molar-refractivity contribution in [2.24, 2.45) is 4.99 Å². The van der Waals surface area contributed by atoms with Crippen molar-refractivity contribution in [1.82, 2.24) is 15.5 Å². The first-order valence-electron chi connectivity index (χ1n) is 9.47. The van der Waals surface area contributed by atoms with E-state index in [1.807, 2.05) is 25.1 Å². The van der Waals surface area contributed by atoms with Crippen molar-refractivity contribution in [3.05, 3.63) is 30.3 Å². The highest BCUT2D eigenvalue weighted by Crippen LogP contribution is 2.19. The third-order valence-electron chi connectivity index (χ3n) is 4.41. The fourth-order valence-electron chi connectivity index (χ4n) is 3.18. The number of aliphatic imine (C=N–C) groups is 1. The highest BCUT2D eigenvalue weighted by molar-refractivity contribution is 5.80. The zero-order valence-corrected chi connectivity index (χ0v) is 16.1. The summed E-state index contributed by atoms with van der Waals surface area (Å²) in [5, 5.41) is 6.66. The summed E-state index contributed by atoms with van der Waals surface area (Å²) in [5.74, 6) is 0.732. The van der Waals surface area contributed by atoms with Crippen molar-refractivity contribution in [2.45, 2.75) is 32.0 Å². The lowest BCUT2D eigenvalue weighted by Crippen LogP contribution is -2.44. The quantitative estimate of drug-likeness (QED) is 0.410. The van der Waals surface area contributed by atoms with E-state index in [1.165, 1.54) is 17.6 Å². The fraction of sp³-hybridized carbons (Fsp3) is 0.632. The molecule has 2 rings (SSSR count). The summed E-state index contributed by atoms with van der Waals surface area (Å²) in [7, 11) is 1.48. The van der Waals surface area contributed by atoms with Gasteiger partial charge in [-0.3, -0.25) is 9.89 Å². The summed E-state index contributed by atoms with van der Waals surface area (Å²) in [5.41, 5.74) is 1.22. The minimum Gasteiger partial charge on any atom is -0.369 e. The molecule has 8 heteroatoms. The molecule has 1 saturated heterocycles. The van der Waals surface area contributed by atoms with Crippen LogP contribution < -0.4 is 15.5 Å². The maximum absolute atomic E-state index is 12.3. The minimum atomic E-state index is -4.15. The summed E-state index contributed by atoms with van der Waals surface area (Å²) in [6.07, 6.45) is -2.54. The van der Waals surface area contributed by atoms with Crippen LogP contribution in [0.1, 0.15) is 19.8 Å². The van der Waals surface area contributed by atoms with Gasteiger partial charge in [0.1, 0.15) is 0 Å². The molecule has 5 nitrogen and oxygen atoms in total. The predicted octanol–water partition coefficient (Wildman–Crippen LogP) is 2.70. The first-order valence-corrected chi connectivity index (χ1v) is 9.47. The van der Waals surface area contributed by atoms with Crippen LogP contribution in [-0.4, -0.2) is 69.4 Å². The smallest absolute Gasteiger partial charge is 0.369 e. The first-order chi connectivity index (χ1) is 12.9. The summed E-state index contributed by atoms with van der Waals surface area (Å²) in [6, 6.07) is 10.6. The molecular formula is C19H30F3N5. The topological polar surface area (TPSA) is 42.9 Å². The fourth-order valence-corrected chi connectivity index (χ4v) is 3.18. The van der Waals surface area contributed by atoms with Crippen molar-refractivity contribution >= 4 is 11.6 Å². The van der Waals surface area contributed by atoms with Gasteiger partial charge in [0.2, 0.25) is 0 Å². The predicted molar refractivity (Wildman–Crippen MR) is 104 cm³/mol. The highest BCUT2D eigenvalue weighted by atomic mass is 19.4. The van der Waals surface area contributed by atoms with Crippen LogP contribution >= 0.6 is 0 Å². The van der Waals surface area contributed by atoms with Crippen molar-refractivity contribution < 1.29 is 13.2 Å². The molecule has 0 radical (unpaired) electrons. The number of para-hydroxylation sites is 1. The number of guanidine groups is 1. The van der Waals surface area contributed by atoms with Crippen LogP contribution in [0.15, 0.2) is 35.3 Å². The lowest BCUT2D eigenvalue weighted by atomic mass is 10.3. The van der Waals surface area contributed by atoms with Gasteiger partial charge in [0.05, 0.1) is 6.54 Å². The zero-order chi connectivity index (χ0) is 19.7. The van der Waals surface area contributed by atoms with Crippen LogP contribution in [-0.2, 0) is 0 Å². The largest absolute Gasteiger partial charge is 0.401 e. The Balaban J connectivity index is 1.77. The number of anilines is 1. The minimum absolute atomic E-state index is 0.302. The number of rotatable bonds is 8. The molecule has 1 unspecified atom stereocenters. The van der Waals surface area contributed by atoms with Gasteiger partial charge in [0.25, 0.3) is 0 Å².